The van der Waals surface area contributed by atoms with Crippen LogP contribution in [0, 0.1) is 11.3 Å². The van der Waals surface area contributed by atoms with Crippen molar-refractivity contribution in [2.24, 2.45) is 0 Å². The van der Waals surface area contributed by atoms with Gasteiger partial charge in [-0.15, -0.1) is 0 Å². The summed E-state index contributed by atoms with van der Waals surface area (Å²) in [6, 6.07) is 7.22. The zero-order valence-electron chi connectivity index (χ0n) is 8.82. The van der Waals surface area contributed by atoms with Crippen molar-refractivity contribution in [2.45, 2.75) is 12.8 Å². The lowest BCUT2D eigenvalue weighted by Gasteiger charge is -2.18. The van der Waals surface area contributed by atoms with Gasteiger partial charge in [-0.2, -0.15) is 5.26 Å². The van der Waals surface area contributed by atoms with Crippen LogP contribution in [0.25, 0.3) is 0 Å². The normalized spacial score (nSPS) is 13.2. The van der Waals surface area contributed by atoms with Crippen molar-refractivity contribution in [1.82, 2.24) is 0 Å². The third-order valence-corrected chi connectivity index (χ3v) is 2.55. The van der Waals surface area contributed by atoms with E-state index in [1.165, 1.54) is 0 Å². The van der Waals surface area contributed by atoms with E-state index < -0.39 is 5.97 Å². The molecule has 4 heteroatoms. The number of carbonyl (C=O) groups excluding carboxylic acids is 1. The molecule has 0 radical (unpaired) electrons. The average Bonchev–Trinajstić information content (AvgIpc) is 2.35. The van der Waals surface area contributed by atoms with Crippen LogP contribution in [-0.2, 0) is 11.2 Å². The van der Waals surface area contributed by atoms with E-state index in [-0.39, 0.29) is 6.61 Å². The molecule has 1 aromatic carbocycles. The smallest absolute Gasteiger partial charge is 0.339 e. The Balaban J connectivity index is 2.17. The fraction of sp³-hybridized carbons (Fsp3) is 0.333. The highest BCUT2D eigenvalue weighted by Crippen LogP contribution is 2.23. The fourth-order valence-electron chi connectivity index (χ4n) is 1.78. The van der Waals surface area contributed by atoms with E-state index in [4.69, 9.17) is 10.00 Å². The third-order valence-electron chi connectivity index (χ3n) is 2.55. The number of nitriles is 1. The van der Waals surface area contributed by atoms with E-state index in [0.29, 0.717) is 5.56 Å². The Morgan fingerprint density at radius 2 is 2.44 bits per heavy atom. The van der Waals surface area contributed by atoms with Gasteiger partial charge in [0.2, 0.25) is 0 Å². The Bertz CT molecular complexity index is 449. The van der Waals surface area contributed by atoms with Gasteiger partial charge in [-0.05, 0) is 36.6 Å². The summed E-state index contributed by atoms with van der Waals surface area (Å²) in [5, 5.41) is 11.6. The minimum atomic E-state index is -0.435. The van der Waals surface area contributed by atoms with Gasteiger partial charge >= 0.3 is 5.97 Å². The molecule has 16 heavy (non-hydrogen) atoms. The summed E-state index contributed by atoms with van der Waals surface area (Å²) >= 11 is 0. The second-order valence-corrected chi connectivity index (χ2v) is 3.64. The minimum absolute atomic E-state index is 0.200. The van der Waals surface area contributed by atoms with Gasteiger partial charge in [0.15, 0.2) is 6.61 Å². The highest BCUT2D eigenvalue weighted by molar-refractivity contribution is 5.90. The number of fused-ring (bicyclic) bond motifs is 1. The number of esters is 1. The SMILES string of the molecule is N#CCOC(=O)c1ccc2c(c1)CCCN2. The van der Waals surface area contributed by atoms with Crippen LogP contribution in [0.2, 0.25) is 0 Å². The molecule has 0 atom stereocenters. The minimum Gasteiger partial charge on any atom is -0.447 e. The monoisotopic (exact) mass is 216 g/mol. The van der Waals surface area contributed by atoms with E-state index in [2.05, 4.69) is 5.32 Å². The molecule has 1 N–H and O–H groups in total. The lowest BCUT2D eigenvalue weighted by molar-refractivity contribution is 0.0555. The molecule has 0 aromatic heterocycles. The van der Waals surface area contributed by atoms with Gasteiger partial charge in [-0.1, -0.05) is 0 Å². The van der Waals surface area contributed by atoms with Gasteiger partial charge in [0.1, 0.15) is 6.07 Å². The Morgan fingerprint density at radius 1 is 1.56 bits per heavy atom. The first-order chi connectivity index (χ1) is 7.81. The fourth-order valence-corrected chi connectivity index (χ4v) is 1.78. The largest absolute Gasteiger partial charge is 0.447 e. The number of carbonyl (C=O) groups is 1. The molecule has 0 bridgehead atoms. The van der Waals surface area contributed by atoms with Crippen molar-refractivity contribution < 1.29 is 9.53 Å². The van der Waals surface area contributed by atoms with Gasteiger partial charge in [0, 0.05) is 12.2 Å². The second-order valence-electron chi connectivity index (χ2n) is 3.64. The Hall–Kier alpha value is -2.02. The first-order valence-corrected chi connectivity index (χ1v) is 5.22. The summed E-state index contributed by atoms with van der Waals surface area (Å²) in [6.45, 7) is 0.777. The van der Waals surface area contributed by atoms with Crippen molar-refractivity contribution in [2.75, 3.05) is 18.5 Å². The van der Waals surface area contributed by atoms with Gasteiger partial charge in [-0.3, -0.25) is 0 Å². The molecule has 1 aromatic rings. The summed E-state index contributed by atoms with van der Waals surface area (Å²) in [5.74, 6) is -0.435. The zero-order chi connectivity index (χ0) is 11.4. The zero-order valence-corrected chi connectivity index (χ0v) is 8.82. The molecule has 2 rings (SSSR count). The van der Waals surface area contributed by atoms with Gasteiger partial charge < -0.3 is 10.1 Å². The van der Waals surface area contributed by atoms with Crippen LogP contribution in [0.15, 0.2) is 18.2 Å². The van der Waals surface area contributed by atoms with Crippen molar-refractivity contribution in [3.05, 3.63) is 29.3 Å². The molecule has 1 aliphatic heterocycles. The van der Waals surface area contributed by atoms with Crippen LogP contribution >= 0.6 is 0 Å². The summed E-state index contributed by atoms with van der Waals surface area (Å²) in [6.07, 6.45) is 2.05. The first kappa shape index (κ1) is 10.5. The van der Waals surface area contributed by atoms with Crippen molar-refractivity contribution in [3.8, 4) is 6.07 Å². The molecule has 4 nitrogen and oxygen atoms in total. The topological polar surface area (TPSA) is 62.1 Å². The molecular weight excluding hydrogens is 204 g/mol. The van der Waals surface area contributed by atoms with Crippen LogP contribution in [-0.4, -0.2) is 19.1 Å². The van der Waals surface area contributed by atoms with E-state index in [1.807, 2.05) is 12.1 Å². The number of ether oxygens (including phenoxy) is 1. The van der Waals surface area contributed by atoms with Crippen molar-refractivity contribution in [1.29, 1.82) is 5.26 Å². The van der Waals surface area contributed by atoms with E-state index in [9.17, 15) is 4.79 Å². The number of anilines is 1. The predicted molar refractivity (Wildman–Crippen MR) is 59.1 cm³/mol. The first-order valence-electron chi connectivity index (χ1n) is 5.22. The molecule has 0 amide bonds. The molecular formula is C12H12N2O2. The summed E-state index contributed by atoms with van der Waals surface area (Å²) in [7, 11) is 0. The highest BCUT2D eigenvalue weighted by atomic mass is 16.5. The highest BCUT2D eigenvalue weighted by Gasteiger charge is 2.12. The van der Waals surface area contributed by atoms with Gasteiger partial charge in [0.05, 0.1) is 5.56 Å². The lowest BCUT2D eigenvalue weighted by Crippen LogP contribution is -2.13. The van der Waals surface area contributed by atoms with E-state index >= 15 is 0 Å². The maximum absolute atomic E-state index is 11.5. The quantitative estimate of drug-likeness (QED) is 0.765. The van der Waals surface area contributed by atoms with E-state index in [0.717, 1.165) is 30.6 Å². The van der Waals surface area contributed by atoms with Crippen molar-refractivity contribution >= 4 is 11.7 Å². The number of aryl methyl sites for hydroxylation is 1. The van der Waals surface area contributed by atoms with Gasteiger partial charge in [-0.25, -0.2) is 4.79 Å². The lowest BCUT2D eigenvalue weighted by atomic mass is 10.0. The molecule has 0 aliphatic carbocycles. The Kier molecular flexibility index (Phi) is 3.06. The average molecular weight is 216 g/mol. The number of rotatable bonds is 2. The number of nitrogens with one attached hydrogen (secondary N) is 1. The molecule has 0 fully saturated rings. The van der Waals surface area contributed by atoms with Crippen LogP contribution in [0.4, 0.5) is 5.69 Å². The van der Waals surface area contributed by atoms with Gasteiger partial charge in [0.25, 0.3) is 0 Å². The Morgan fingerprint density at radius 3 is 3.25 bits per heavy atom. The predicted octanol–water partition coefficient (Wildman–Crippen LogP) is 1.73. The standard InChI is InChI=1S/C12H12N2O2/c13-5-7-16-12(15)10-3-4-11-9(8-10)2-1-6-14-11/h3-4,8,14H,1-2,6-7H2. The number of hydrogen-bond donors (Lipinski definition) is 1. The Labute approximate surface area is 93.8 Å². The third kappa shape index (κ3) is 2.14. The summed E-state index contributed by atoms with van der Waals surface area (Å²) in [5.41, 5.74) is 2.73. The van der Waals surface area contributed by atoms with Crippen LogP contribution in [0.5, 0.6) is 0 Å². The summed E-state index contributed by atoms with van der Waals surface area (Å²) < 4.78 is 4.75. The van der Waals surface area contributed by atoms with Crippen LogP contribution < -0.4 is 5.32 Å². The molecule has 82 valence electrons. The second kappa shape index (κ2) is 4.67. The maximum atomic E-state index is 11.5. The maximum Gasteiger partial charge on any atom is 0.339 e. The number of nitrogens with zero attached hydrogens (tertiary/aromatic N) is 1. The van der Waals surface area contributed by atoms with E-state index in [1.54, 1.807) is 12.1 Å². The molecule has 0 unspecified atom stereocenters. The van der Waals surface area contributed by atoms with Crippen molar-refractivity contribution in [3.63, 3.8) is 0 Å². The molecule has 0 saturated carbocycles. The molecule has 0 spiro atoms. The number of hydrogen-bond acceptors (Lipinski definition) is 4. The molecule has 0 saturated heterocycles. The van der Waals surface area contributed by atoms with Crippen LogP contribution in [0.1, 0.15) is 22.3 Å². The summed E-state index contributed by atoms with van der Waals surface area (Å²) in [4.78, 5) is 11.5. The van der Waals surface area contributed by atoms with Crippen LogP contribution in [0.3, 0.4) is 0 Å². The molecule has 1 aliphatic rings. The number of benzene rings is 1. The molecule has 1 heterocycles.